The lowest BCUT2D eigenvalue weighted by Crippen LogP contribution is -1.80. The normalized spacial score (nSPS) is 10.1. The van der Waals surface area contributed by atoms with Crippen LogP contribution in [0, 0.1) is 12.4 Å². The third-order valence-electron chi connectivity index (χ3n) is 1.59. The smallest absolute Gasteiger partial charge is 0.153 e. The summed E-state index contributed by atoms with van der Waals surface area (Å²) in [7, 11) is 0. The molecule has 2 aromatic rings. The van der Waals surface area contributed by atoms with E-state index in [2.05, 4.69) is 15.5 Å². The summed E-state index contributed by atoms with van der Waals surface area (Å²) < 4.78 is 0. The molecule has 0 bridgehead atoms. The second-order valence-corrected chi connectivity index (χ2v) is 3.23. The third-order valence-corrected chi connectivity index (χ3v) is 2.48. The van der Waals surface area contributed by atoms with Crippen molar-refractivity contribution in [1.82, 2.24) is 9.97 Å². The van der Waals surface area contributed by atoms with Crippen LogP contribution < -0.4 is 0 Å². The summed E-state index contributed by atoms with van der Waals surface area (Å²) >= 11 is 1.50. The van der Waals surface area contributed by atoms with E-state index in [0.717, 1.165) is 16.3 Å². The maximum atomic E-state index is 4.23. The fourth-order valence-electron chi connectivity index (χ4n) is 0.996. The highest BCUT2D eigenvalue weighted by atomic mass is 32.1. The topological polar surface area (TPSA) is 25.8 Å². The number of aryl methyl sites for hydroxylation is 1. The second-order valence-electron chi connectivity index (χ2n) is 2.43. The Bertz CT molecular complexity index is 367. The van der Waals surface area contributed by atoms with E-state index in [0.29, 0.717) is 0 Å². The lowest BCUT2D eigenvalue weighted by Gasteiger charge is -1.94. The van der Waals surface area contributed by atoms with E-state index in [4.69, 9.17) is 0 Å². The van der Waals surface area contributed by atoms with Gasteiger partial charge in [0.2, 0.25) is 0 Å². The molecule has 0 saturated carbocycles. The van der Waals surface area contributed by atoms with Gasteiger partial charge >= 0.3 is 0 Å². The van der Waals surface area contributed by atoms with Crippen molar-refractivity contribution in [1.29, 1.82) is 0 Å². The van der Waals surface area contributed by atoms with Crippen molar-refractivity contribution in [2.75, 3.05) is 0 Å². The Morgan fingerprint density at radius 3 is 2.92 bits per heavy atom. The molecule has 0 saturated heterocycles. The molecule has 1 radical (unpaired) electrons. The van der Waals surface area contributed by atoms with Gasteiger partial charge in [0.25, 0.3) is 0 Å². The molecule has 2 heterocycles. The van der Waals surface area contributed by atoms with Gasteiger partial charge in [-0.15, -0.1) is 11.3 Å². The lowest BCUT2D eigenvalue weighted by molar-refractivity contribution is 1.24. The first-order chi connectivity index (χ1) is 5.88. The van der Waals surface area contributed by atoms with Crippen LogP contribution in [0.3, 0.4) is 0 Å². The molecule has 0 aliphatic rings. The summed E-state index contributed by atoms with van der Waals surface area (Å²) in [5, 5.41) is 0. The zero-order valence-electron chi connectivity index (χ0n) is 6.61. The van der Waals surface area contributed by atoms with E-state index >= 15 is 0 Å². The molecule has 0 unspecified atom stereocenters. The Morgan fingerprint density at radius 2 is 2.33 bits per heavy atom. The van der Waals surface area contributed by atoms with Crippen LogP contribution in [0.25, 0.3) is 10.6 Å². The first-order valence-corrected chi connectivity index (χ1v) is 4.44. The van der Waals surface area contributed by atoms with Crippen LogP contribution >= 0.6 is 11.3 Å². The predicted octanol–water partition coefficient (Wildman–Crippen LogP) is 2.31. The van der Waals surface area contributed by atoms with Gasteiger partial charge in [-0.05, 0) is 19.1 Å². The highest BCUT2D eigenvalue weighted by Gasteiger charge is 2.04. The van der Waals surface area contributed by atoms with Gasteiger partial charge in [0.15, 0.2) is 5.51 Å². The quantitative estimate of drug-likeness (QED) is 0.664. The summed E-state index contributed by atoms with van der Waals surface area (Å²) in [5.41, 5.74) is 4.83. The van der Waals surface area contributed by atoms with Crippen LogP contribution in [-0.2, 0) is 0 Å². The molecule has 0 N–H and O–H groups in total. The molecule has 59 valence electrons. The Labute approximate surface area is 74.9 Å². The van der Waals surface area contributed by atoms with Crippen molar-refractivity contribution in [3.8, 4) is 10.6 Å². The zero-order chi connectivity index (χ0) is 8.39. The van der Waals surface area contributed by atoms with Crippen molar-refractivity contribution < 1.29 is 0 Å². The second kappa shape index (κ2) is 3.03. The highest BCUT2D eigenvalue weighted by Crippen LogP contribution is 2.23. The predicted molar refractivity (Wildman–Crippen MR) is 48.9 cm³/mol. The molecule has 2 nitrogen and oxygen atoms in total. The minimum Gasteiger partial charge on any atom is -0.255 e. The molecule has 0 aromatic carbocycles. The van der Waals surface area contributed by atoms with Crippen molar-refractivity contribution in [2.24, 2.45) is 0 Å². The van der Waals surface area contributed by atoms with Crippen LogP contribution in [-0.4, -0.2) is 9.97 Å². The van der Waals surface area contributed by atoms with Gasteiger partial charge < -0.3 is 0 Å². The van der Waals surface area contributed by atoms with Gasteiger partial charge in [-0.2, -0.15) is 0 Å². The highest BCUT2D eigenvalue weighted by molar-refractivity contribution is 7.12. The molecule has 0 atom stereocenters. The van der Waals surface area contributed by atoms with E-state index in [1.54, 1.807) is 6.20 Å². The number of pyridine rings is 1. The average Bonchev–Trinajstić information content (AvgIpc) is 2.53. The van der Waals surface area contributed by atoms with Crippen molar-refractivity contribution in [3.63, 3.8) is 0 Å². The van der Waals surface area contributed by atoms with Crippen LogP contribution in [0.15, 0.2) is 24.4 Å². The number of hydrogen-bond acceptors (Lipinski definition) is 3. The molecular weight excluding hydrogens is 168 g/mol. The maximum Gasteiger partial charge on any atom is 0.153 e. The number of hydrogen-bond donors (Lipinski definition) is 0. The Morgan fingerprint density at radius 1 is 1.42 bits per heavy atom. The molecule has 0 fully saturated rings. The van der Waals surface area contributed by atoms with Crippen molar-refractivity contribution in [3.05, 3.63) is 35.6 Å². The fourth-order valence-corrected chi connectivity index (χ4v) is 1.69. The van der Waals surface area contributed by atoms with E-state index in [1.807, 2.05) is 25.1 Å². The first-order valence-electron chi connectivity index (χ1n) is 3.63. The van der Waals surface area contributed by atoms with Gasteiger partial charge in [-0.25, -0.2) is 4.98 Å². The fraction of sp³-hybridized carbons (Fsp3) is 0.111. The molecule has 2 aromatic heterocycles. The van der Waals surface area contributed by atoms with Gasteiger partial charge in [0, 0.05) is 6.20 Å². The molecule has 3 heteroatoms. The molecule has 0 amide bonds. The summed E-state index contributed by atoms with van der Waals surface area (Å²) in [6.45, 7) is 1.97. The van der Waals surface area contributed by atoms with Gasteiger partial charge in [0.1, 0.15) is 0 Å². The lowest BCUT2D eigenvalue weighted by atomic mass is 10.3. The SMILES string of the molecule is Cc1n[c]sc1-c1ccccn1. The number of rotatable bonds is 1. The van der Waals surface area contributed by atoms with E-state index in [1.165, 1.54) is 11.3 Å². The molecule has 0 spiro atoms. The summed E-state index contributed by atoms with van der Waals surface area (Å²) in [6.07, 6.45) is 1.79. The van der Waals surface area contributed by atoms with Crippen molar-refractivity contribution in [2.45, 2.75) is 6.92 Å². The summed E-state index contributed by atoms with van der Waals surface area (Å²) in [5.74, 6) is 0. The first kappa shape index (κ1) is 7.43. The maximum absolute atomic E-state index is 4.23. The Balaban J connectivity index is 2.51. The largest absolute Gasteiger partial charge is 0.255 e. The van der Waals surface area contributed by atoms with Crippen LogP contribution in [0.5, 0.6) is 0 Å². The van der Waals surface area contributed by atoms with E-state index in [9.17, 15) is 0 Å². The minimum atomic E-state index is 0.980. The molecule has 12 heavy (non-hydrogen) atoms. The monoisotopic (exact) mass is 175 g/mol. The number of aromatic nitrogens is 2. The molecular formula is C9H7N2S. The standard InChI is InChI=1S/C9H7N2S/c1-7-9(12-6-11-7)8-4-2-3-5-10-8/h2-5H,1H3. The van der Waals surface area contributed by atoms with Gasteiger partial charge in [-0.3, -0.25) is 4.98 Å². The van der Waals surface area contributed by atoms with Crippen LogP contribution in [0.1, 0.15) is 5.69 Å². The number of thiazole rings is 1. The summed E-state index contributed by atoms with van der Waals surface area (Å²) in [4.78, 5) is 9.39. The average molecular weight is 175 g/mol. The molecule has 0 aliphatic heterocycles. The van der Waals surface area contributed by atoms with Crippen LogP contribution in [0.4, 0.5) is 0 Å². The third kappa shape index (κ3) is 1.23. The van der Waals surface area contributed by atoms with E-state index in [-0.39, 0.29) is 0 Å². The van der Waals surface area contributed by atoms with Gasteiger partial charge in [-0.1, -0.05) is 6.07 Å². The zero-order valence-corrected chi connectivity index (χ0v) is 7.43. The Kier molecular flexibility index (Phi) is 1.87. The van der Waals surface area contributed by atoms with Crippen LogP contribution in [0.2, 0.25) is 0 Å². The molecule has 2 rings (SSSR count). The molecule has 0 aliphatic carbocycles. The van der Waals surface area contributed by atoms with Gasteiger partial charge in [0.05, 0.1) is 16.3 Å². The van der Waals surface area contributed by atoms with Crippen molar-refractivity contribution >= 4 is 11.3 Å². The minimum absolute atomic E-state index is 0.980. The number of nitrogens with zero attached hydrogens (tertiary/aromatic N) is 2. The Hall–Kier alpha value is -1.22. The summed E-state index contributed by atoms with van der Waals surface area (Å²) in [6, 6.07) is 5.86. The van der Waals surface area contributed by atoms with E-state index < -0.39 is 0 Å².